The van der Waals surface area contributed by atoms with Crippen LogP contribution in [-0.2, 0) is 9.47 Å². The Balaban J connectivity index is 2.15. The molecule has 3 nitrogen and oxygen atoms in total. The molecule has 2 aromatic rings. The van der Waals surface area contributed by atoms with Crippen LogP contribution < -0.4 is 0 Å². The molecule has 2 unspecified atom stereocenters. The van der Waals surface area contributed by atoms with E-state index in [1.54, 1.807) is 0 Å². The fourth-order valence-corrected chi connectivity index (χ4v) is 3.07. The van der Waals surface area contributed by atoms with Gasteiger partial charge in [0.15, 0.2) is 11.2 Å². The number of hydrogen-bond donors (Lipinski definition) is 0. The molecular formula is C27H30O3. The number of ether oxygens (including phenoxy) is 2. The van der Waals surface area contributed by atoms with Crippen LogP contribution in [0.15, 0.2) is 60.7 Å². The van der Waals surface area contributed by atoms with Crippen LogP contribution in [0.2, 0.25) is 0 Å². The minimum Gasteiger partial charge on any atom is -0.415 e. The Morgan fingerprint density at radius 2 is 1.10 bits per heavy atom. The molecule has 0 aliphatic rings. The maximum Gasteiger partial charge on any atom is 0.511 e. The van der Waals surface area contributed by atoms with Gasteiger partial charge in [0.2, 0.25) is 0 Å². The van der Waals surface area contributed by atoms with Gasteiger partial charge in [-0.2, -0.15) is 0 Å². The molecular weight excluding hydrogens is 372 g/mol. The van der Waals surface area contributed by atoms with E-state index < -0.39 is 17.4 Å². The molecule has 2 aromatic carbocycles. The normalized spacial score (nSPS) is 14.0. The topological polar surface area (TPSA) is 35.5 Å². The van der Waals surface area contributed by atoms with Crippen molar-refractivity contribution in [1.82, 2.24) is 0 Å². The zero-order valence-corrected chi connectivity index (χ0v) is 18.3. The van der Waals surface area contributed by atoms with Crippen LogP contribution in [-0.4, -0.2) is 17.4 Å². The predicted octanol–water partition coefficient (Wildman–Crippen LogP) is 6.36. The fraction of sp³-hybridized carbons (Fsp3) is 0.370. The highest BCUT2D eigenvalue weighted by molar-refractivity contribution is 5.62. The van der Waals surface area contributed by atoms with Crippen molar-refractivity contribution in [3.63, 3.8) is 0 Å². The van der Waals surface area contributed by atoms with Gasteiger partial charge in [-0.25, -0.2) is 4.79 Å². The van der Waals surface area contributed by atoms with Crippen molar-refractivity contribution in [3.8, 4) is 23.7 Å². The van der Waals surface area contributed by atoms with Gasteiger partial charge in [0.1, 0.15) is 0 Å². The Morgan fingerprint density at radius 3 is 1.43 bits per heavy atom. The summed E-state index contributed by atoms with van der Waals surface area (Å²) >= 11 is 0. The lowest BCUT2D eigenvalue weighted by molar-refractivity contribution is -0.0387. The Labute approximate surface area is 180 Å². The molecule has 3 heteroatoms. The first-order chi connectivity index (χ1) is 14.4. The van der Waals surface area contributed by atoms with E-state index in [4.69, 9.17) is 9.47 Å². The third-order valence-electron chi connectivity index (χ3n) is 4.56. The van der Waals surface area contributed by atoms with E-state index in [1.165, 1.54) is 0 Å². The zero-order chi connectivity index (χ0) is 21.9. The summed E-state index contributed by atoms with van der Waals surface area (Å²) in [6.07, 6.45) is 2.14. The van der Waals surface area contributed by atoms with Crippen LogP contribution in [0.1, 0.15) is 64.5 Å². The third-order valence-corrected chi connectivity index (χ3v) is 4.56. The second kappa shape index (κ2) is 11.1. The van der Waals surface area contributed by atoms with E-state index in [-0.39, 0.29) is 0 Å². The zero-order valence-electron chi connectivity index (χ0n) is 18.3. The molecule has 0 aromatic heterocycles. The van der Waals surface area contributed by atoms with Crippen molar-refractivity contribution in [1.29, 1.82) is 0 Å². The van der Waals surface area contributed by atoms with Crippen LogP contribution in [0.5, 0.6) is 0 Å². The van der Waals surface area contributed by atoms with E-state index in [9.17, 15) is 4.79 Å². The molecule has 0 amide bonds. The molecule has 0 saturated carbocycles. The molecule has 2 rings (SSSR count). The molecule has 156 valence electrons. The maximum absolute atomic E-state index is 12.7. The Kier molecular flexibility index (Phi) is 8.57. The van der Waals surface area contributed by atoms with Gasteiger partial charge in [0.25, 0.3) is 0 Å². The molecule has 0 heterocycles. The van der Waals surface area contributed by atoms with Crippen molar-refractivity contribution in [2.75, 3.05) is 0 Å². The molecule has 0 N–H and O–H groups in total. The van der Waals surface area contributed by atoms with E-state index in [1.807, 2.05) is 88.4 Å². The van der Waals surface area contributed by atoms with Crippen molar-refractivity contribution < 1.29 is 14.3 Å². The molecule has 0 spiro atoms. The summed E-state index contributed by atoms with van der Waals surface area (Å²) in [4.78, 5) is 12.7. The third kappa shape index (κ3) is 7.69. The van der Waals surface area contributed by atoms with E-state index in [0.29, 0.717) is 12.8 Å². The first-order valence-corrected chi connectivity index (χ1v) is 10.5. The van der Waals surface area contributed by atoms with Crippen molar-refractivity contribution in [2.45, 2.75) is 64.6 Å². The molecule has 0 bridgehead atoms. The summed E-state index contributed by atoms with van der Waals surface area (Å²) < 4.78 is 11.4. The first-order valence-electron chi connectivity index (χ1n) is 10.5. The van der Waals surface area contributed by atoms with Gasteiger partial charge >= 0.3 is 6.16 Å². The van der Waals surface area contributed by atoms with Gasteiger partial charge in [-0.15, -0.1) is 0 Å². The Hall–Kier alpha value is -3.17. The minimum absolute atomic E-state index is 0.613. The average Bonchev–Trinajstić information content (AvgIpc) is 2.73. The van der Waals surface area contributed by atoms with Gasteiger partial charge in [-0.3, -0.25) is 0 Å². The highest BCUT2D eigenvalue weighted by Crippen LogP contribution is 2.23. The summed E-state index contributed by atoms with van der Waals surface area (Å²) in [5, 5.41) is 0. The van der Waals surface area contributed by atoms with E-state index >= 15 is 0 Å². The van der Waals surface area contributed by atoms with Gasteiger partial charge in [-0.05, 0) is 51.0 Å². The molecule has 0 fully saturated rings. The molecule has 2 atom stereocenters. The number of rotatable bonds is 6. The second-order valence-corrected chi connectivity index (χ2v) is 7.65. The monoisotopic (exact) mass is 402 g/mol. The van der Waals surface area contributed by atoms with Crippen LogP contribution >= 0.6 is 0 Å². The first kappa shape index (κ1) is 23.1. The lowest BCUT2D eigenvalue weighted by Gasteiger charge is -2.28. The van der Waals surface area contributed by atoms with Gasteiger partial charge < -0.3 is 9.47 Å². The van der Waals surface area contributed by atoms with E-state index in [2.05, 4.69) is 23.7 Å². The Morgan fingerprint density at radius 1 is 0.733 bits per heavy atom. The van der Waals surface area contributed by atoms with Crippen molar-refractivity contribution in [2.24, 2.45) is 0 Å². The Bertz CT molecular complexity index is 851. The fourth-order valence-electron chi connectivity index (χ4n) is 3.07. The highest BCUT2D eigenvalue weighted by atomic mass is 16.7. The summed E-state index contributed by atoms with van der Waals surface area (Å²) in [6.45, 7) is 7.70. The minimum atomic E-state index is -0.929. The molecule has 0 aliphatic carbocycles. The van der Waals surface area contributed by atoms with Gasteiger partial charge in [0.05, 0.1) is 0 Å². The summed E-state index contributed by atoms with van der Waals surface area (Å²) in [5.74, 6) is 12.4. The quantitative estimate of drug-likeness (QED) is 0.416. The van der Waals surface area contributed by atoms with Crippen LogP contribution in [0.4, 0.5) is 4.79 Å². The highest BCUT2D eigenvalue weighted by Gasteiger charge is 2.32. The van der Waals surface area contributed by atoms with E-state index in [0.717, 1.165) is 24.0 Å². The van der Waals surface area contributed by atoms with Crippen LogP contribution in [0, 0.1) is 23.7 Å². The number of carbonyl (C=O) groups excluding carboxylic acids is 1. The van der Waals surface area contributed by atoms with Crippen molar-refractivity contribution >= 4 is 6.16 Å². The van der Waals surface area contributed by atoms with Gasteiger partial charge in [-0.1, -0.05) is 86.8 Å². The van der Waals surface area contributed by atoms with Crippen LogP contribution in [0.3, 0.4) is 0 Å². The molecule has 0 saturated heterocycles. The lowest BCUT2D eigenvalue weighted by atomic mass is 10.00. The molecule has 30 heavy (non-hydrogen) atoms. The second-order valence-electron chi connectivity index (χ2n) is 7.65. The maximum atomic E-state index is 12.7. The van der Waals surface area contributed by atoms with Crippen molar-refractivity contribution in [3.05, 3.63) is 71.8 Å². The summed E-state index contributed by atoms with van der Waals surface area (Å²) in [5.41, 5.74) is -0.105. The molecule has 0 aliphatic heterocycles. The number of hydrogen-bond acceptors (Lipinski definition) is 3. The summed E-state index contributed by atoms with van der Waals surface area (Å²) in [7, 11) is 0. The SMILES string of the molecule is CCCC(C)(C#Cc1ccccc1)OC(=O)OC(C)(C#Cc1ccccc1)CCC. The standard InChI is InChI=1S/C27H30O3/c1-5-19-26(3,21-17-23-13-9-7-10-14-23)29-25(28)30-27(4,20-6-2)22-18-24-15-11-8-12-16-24/h7-16H,5-6,19-20H2,1-4H3. The number of carbonyl (C=O) groups is 1. The average molecular weight is 403 g/mol. The largest absolute Gasteiger partial charge is 0.511 e. The number of benzene rings is 2. The molecule has 0 radical (unpaired) electrons. The predicted molar refractivity (Wildman–Crippen MR) is 121 cm³/mol. The van der Waals surface area contributed by atoms with Gasteiger partial charge in [0, 0.05) is 11.1 Å². The summed E-state index contributed by atoms with van der Waals surface area (Å²) in [6, 6.07) is 19.3. The lowest BCUT2D eigenvalue weighted by Crippen LogP contribution is -2.36. The smallest absolute Gasteiger partial charge is 0.415 e. The van der Waals surface area contributed by atoms with Crippen LogP contribution in [0.25, 0.3) is 0 Å².